The highest BCUT2D eigenvalue weighted by Gasteiger charge is 1.91. The highest BCUT2D eigenvalue weighted by Crippen LogP contribution is 1.96. The predicted octanol–water partition coefficient (Wildman–Crippen LogP) is 4.11. The number of nitrogens with two attached hydrogens (primary N) is 4. The largest absolute Gasteiger partial charge is 0.384 e. The minimum absolute atomic E-state index is 0. The fraction of sp³-hybridized carbons (Fsp3) is 0. The number of hydrogen-bond acceptors (Lipinski definition) is 4. The monoisotopic (exact) mass is 548 g/mol. The van der Waals surface area contributed by atoms with Crippen molar-refractivity contribution in [3.63, 3.8) is 0 Å². The summed E-state index contributed by atoms with van der Waals surface area (Å²) in [7, 11) is 0. The first-order chi connectivity index (χ1) is 17.2. The molecule has 0 saturated carbocycles. The van der Waals surface area contributed by atoms with Gasteiger partial charge in [0.15, 0.2) is 0 Å². The minimum Gasteiger partial charge on any atom is -0.384 e. The van der Waals surface area contributed by atoms with E-state index in [-0.39, 0.29) is 50.3 Å². The van der Waals surface area contributed by atoms with Gasteiger partial charge in [-0.25, -0.2) is 0 Å². The molecule has 38 heavy (non-hydrogen) atoms. The van der Waals surface area contributed by atoms with Gasteiger partial charge in [-0.3, -0.25) is 21.6 Å². The molecule has 0 radical (unpaired) electrons. The predicted molar refractivity (Wildman–Crippen MR) is 171 cm³/mol. The Morgan fingerprint density at radius 1 is 0.316 bits per heavy atom. The van der Waals surface area contributed by atoms with Gasteiger partial charge in [0.2, 0.25) is 0 Å². The lowest BCUT2D eigenvalue weighted by Gasteiger charge is -1.93. The molecule has 0 aliphatic rings. The van der Waals surface area contributed by atoms with Gasteiger partial charge < -0.3 is 22.9 Å². The van der Waals surface area contributed by atoms with Gasteiger partial charge in [0, 0.05) is 22.3 Å². The number of rotatable bonds is 4. The molecular weight excluding hydrogens is 512 g/mol. The lowest BCUT2D eigenvalue weighted by Crippen LogP contribution is -2.10. The smallest absolute Gasteiger partial charge is 0.122 e. The molecule has 0 amide bonds. The summed E-state index contributed by atoms with van der Waals surface area (Å²) < 4.78 is 0. The summed E-state index contributed by atoms with van der Waals surface area (Å²) in [6.07, 6.45) is 0. The zero-order valence-electron chi connectivity index (χ0n) is 20.9. The highest BCUT2D eigenvalue weighted by atomic mass is 32.1. The molecular formula is C28H36N8S2. The molecule has 4 aromatic carbocycles. The van der Waals surface area contributed by atoms with E-state index in [2.05, 4.69) is 0 Å². The van der Waals surface area contributed by atoms with Gasteiger partial charge >= 0.3 is 0 Å². The van der Waals surface area contributed by atoms with Gasteiger partial charge in [0.05, 0.1) is 0 Å². The SMILES string of the molecule is N=C(N)c1ccccc1.N=C(N)c1ccccc1.N=C(N)c1ccccc1.N=C(N)c1ccccc1.S.S. The Bertz CT molecular complexity index is 1020. The lowest BCUT2D eigenvalue weighted by molar-refractivity contribution is 1.42. The number of benzene rings is 4. The van der Waals surface area contributed by atoms with Gasteiger partial charge in [-0.1, -0.05) is 121 Å². The Morgan fingerprint density at radius 2 is 0.447 bits per heavy atom. The van der Waals surface area contributed by atoms with Crippen LogP contribution in [0.15, 0.2) is 121 Å². The molecule has 0 aliphatic carbocycles. The van der Waals surface area contributed by atoms with Crippen molar-refractivity contribution in [1.82, 2.24) is 0 Å². The first kappa shape index (κ1) is 35.6. The Morgan fingerprint density at radius 3 is 0.526 bits per heavy atom. The molecule has 0 aromatic heterocycles. The van der Waals surface area contributed by atoms with E-state index in [1.165, 1.54) is 0 Å². The molecule has 0 heterocycles. The summed E-state index contributed by atoms with van der Waals surface area (Å²) in [5.74, 6) is 0.484. The molecule has 4 aromatic rings. The number of amidine groups is 4. The molecule has 10 heteroatoms. The molecule has 12 N–H and O–H groups in total. The van der Waals surface area contributed by atoms with Crippen molar-refractivity contribution >= 4 is 50.3 Å². The van der Waals surface area contributed by atoms with Crippen LogP contribution in [0.4, 0.5) is 0 Å². The Kier molecular flexibility index (Phi) is 19.3. The van der Waals surface area contributed by atoms with E-state index in [4.69, 9.17) is 44.6 Å². The van der Waals surface area contributed by atoms with Crippen LogP contribution in [0.5, 0.6) is 0 Å². The number of nitrogens with one attached hydrogen (secondary N) is 4. The van der Waals surface area contributed by atoms with Gasteiger partial charge in [-0.15, -0.1) is 0 Å². The summed E-state index contributed by atoms with van der Waals surface area (Å²) in [5, 5.41) is 28.1. The number of nitrogen functional groups attached to an aromatic ring is 4. The molecule has 0 spiro atoms. The number of hydrogen-bond donors (Lipinski definition) is 8. The zero-order valence-corrected chi connectivity index (χ0v) is 22.9. The Labute approximate surface area is 238 Å². The summed E-state index contributed by atoms with van der Waals surface area (Å²) in [6, 6.07) is 36.9. The maximum Gasteiger partial charge on any atom is 0.122 e. The van der Waals surface area contributed by atoms with Gasteiger partial charge in [0.25, 0.3) is 0 Å². The van der Waals surface area contributed by atoms with E-state index >= 15 is 0 Å². The van der Waals surface area contributed by atoms with Gasteiger partial charge in [-0.05, 0) is 0 Å². The van der Waals surface area contributed by atoms with Crippen LogP contribution in [0.2, 0.25) is 0 Å². The second-order valence-electron chi connectivity index (χ2n) is 7.12. The highest BCUT2D eigenvalue weighted by molar-refractivity contribution is 7.59. The van der Waals surface area contributed by atoms with E-state index in [0.29, 0.717) is 0 Å². The third-order valence-corrected chi connectivity index (χ3v) is 4.34. The third kappa shape index (κ3) is 15.5. The van der Waals surface area contributed by atoms with Crippen molar-refractivity contribution in [3.8, 4) is 0 Å². The maximum absolute atomic E-state index is 7.01. The van der Waals surface area contributed by atoms with Gasteiger partial charge in [0.1, 0.15) is 23.3 Å². The zero-order chi connectivity index (χ0) is 26.8. The van der Waals surface area contributed by atoms with E-state index in [0.717, 1.165) is 22.3 Å². The average molecular weight is 549 g/mol. The van der Waals surface area contributed by atoms with E-state index in [1.54, 1.807) is 0 Å². The van der Waals surface area contributed by atoms with Crippen LogP contribution in [0.25, 0.3) is 0 Å². The average Bonchev–Trinajstić information content (AvgIpc) is 2.92. The Hall–Kier alpha value is -4.54. The first-order valence-corrected chi connectivity index (χ1v) is 10.8. The summed E-state index contributed by atoms with van der Waals surface area (Å²) in [5.41, 5.74) is 23.9. The molecule has 0 unspecified atom stereocenters. The molecule has 0 bridgehead atoms. The van der Waals surface area contributed by atoms with Crippen LogP contribution in [0.3, 0.4) is 0 Å². The third-order valence-electron chi connectivity index (χ3n) is 4.34. The molecule has 0 atom stereocenters. The molecule has 200 valence electrons. The van der Waals surface area contributed by atoms with Crippen LogP contribution in [0, 0.1) is 21.6 Å². The lowest BCUT2D eigenvalue weighted by atomic mass is 10.2. The van der Waals surface area contributed by atoms with Crippen LogP contribution in [0.1, 0.15) is 22.3 Å². The summed E-state index contributed by atoms with van der Waals surface area (Å²) in [4.78, 5) is 0. The summed E-state index contributed by atoms with van der Waals surface area (Å²) in [6.45, 7) is 0. The van der Waals surface area contributed by atoms with Crippen LogP contribution < -0.4 is 22.9 Å². The van der Waals surface area contributed by atoms with Gasteiger partial charge in [-0.2, -0.15) is 27.0 Å². The van der Waals surface area contributed by atoms with E-state index < -0.39 is 0 Å². The van der Waals surface area contributed by atoms with Crippen molar-refractivity contribution in [1.29, 1.82) is 21.6 Å². The van der Waals surface area contributed by atoms with Crippen LogP contribution >= 0.6 is 27.0 Å². The van der Waals surface area contributed by atoms with E-state index in [9.17, 15) is 0 Å². The fourth-order valence-corrected chi connectivity index (χ4v) is 2.47. The van der Waals surface area contributed by atoms with Crippen molar-refractivity contribution < 1.29 is 0 Å². The standard InChI is InChI=1S/4C7H8N2.2H2S/c4*8-7(9)6-4-2-1-3-5-6;;/h4*1-5H,(H3,8,9);2*1H2. The molecule has 0 aliphatic heterocycles. The fourth-order valence-electron chi connectivity index (χ4n) is 2.47. The normalized spacial score (nSPS) is 8.42. The quantitative estimate of drug-likeness (QED) is 0.140. The molecule has 4 rings (SSSR count). The second-order valence-corrected chi connectivity index (χ2v) is 7.12. The minimum atomic E-state index is 0. The van der Waals surface area contributed by atoms with E-state index in [1.807, 2.05) is 121 Å². The first-order valence-electron chi connectivity index (χ1n) is 10.8. The van der Waals surface area contributed by atoms with Crippen molar-refractivity contribution in [2.24, 2.45) is 22.9 Å². The Balaban J connectivity index is 0. The second kappa shape index (κ2) is 20.6. The molecule has 0 fully saturated rings. The van der Waals surface area contributed by atoms with Crippen molar-refractivity contribution in [3.05, 3.63) is 144 Å². The molecule has 8 nitrogen and oxygen atoms in total. The topological polar surface area (TPSA) is 199 Å². The summed E-state index contributed by atoms with van der Waals surface area (Å²) >= 11 is 0. The van der Waals surface area contributed by atoms with Crippen molar-refractivity contribution in [2.45, 2.75) is 0 Å². The molecule has 0 saturated heterocycles. The van der Waals surface area contributed by atoms with Crippen molar-refractivity contribution in [2.75, 3.05) is 0 Å². The van der Waals surface area contributed by atoms with Crippen LogP contribution in [-0.4, -0.2) is 23.3 Å². The maximum atomic E-state index is 7.01. The van der Waals surface area contributed by atoms with Crippen LogP contribution in [-0.2, 0) is 0 Å².